The summed E-state index contributed by atoms with van der Waals surface area (Å²) in [6.45, 7) is 8.77. The van der Waals surface area contributed by atoms with E-state index in [0.717, 1.165) is 68.7 Å². The molecule has 5 nitrogen and oxygen atoms in total. The minimum absolute atomic E-state index is 0.0978. The zero-order valence-corrected chi connectivity index (χ0v) is 19.9. The van der Waals surface area contributed by atoms with Crippen molar-refractivity contribution in [2.75, 3.05) is 51.3 Å². The molecule has 176 valence electrons. The minimum atomic E-state index is 0.0978. The van der Waals surface area contributed by atoms with Crippen LogP contribution in [0.2, 0.25) is 0 Å². The van der Waals surface area contributed by atoms with Crippen molar-refractivity contribution in [3.63, 3.8) is 0 Å². The van der Waals surface area contributed by atoms with E-state index in [1.165, 1.54) is 31.4 Å². The van der Waals surface area contributed by atoms with Gasteiger partial charge in [0.25, 0.3) is 5.91 Å². The Morgan fingerprint density at radius 1 is 1.09 bits per heavy atom. The number of anilines is 1. The van der Waals surface area contributed by atoms with Crippen molar-refractivity contribution < 1.29 is 9.53 Å². The Balaban J connectivity index is 1.20. The van der Waals surface area contributed by atoms with E-state index in [9.17, 15) is 4.79 Å². The maximum atomic E-state index is 12.9. The number of carbonyl (C=O) groups is 1. The van der Waals surface area contributed by atoms with Crippen molar-refractivity contribution in [1.29, 1.82) is 0 Å². The Hall–Kier alpha value is -2.79. The first-order valence-corrected chi connectivity index (χ1v) is 12.3. The van der Waals surface area contributed by atoms with Crippen molar-refractivity contribution in [2.24, 2.45) is 0 Å². The van der Waals surface area contributed by atoms with Crippen LogP contribution in [0.3, 0.4) is 0 Å². The van der Waals surface area contributed by atoms with E-state index in [-0.39, 0.29) is 5.91 Å². The first-order chi connectivity index (χ1) is 16.1. The molecule has 2 aliphatic rings. The normalized spacial score (nSPS) is 16.9. The summed E-state index contributed by atoms with van der Waals surface area (Å²) >= 11 is 0. The average Bonchev–Trinajstić information content (AvgIpc) is 3.42. The third-order valence-corrected chi connectivity index (χ3v) is 7.01. The number of carbonyl (C=O) groups excluding carboxylic acids is 1. The zero-order chi connectivity index (χ0) is 23.0. The largest absolute Gasteiger partial charge is 0.494 e. The molecule has 1 aliphatic carbocycles. The van der Waals surface area contributed by atoms with Gasteiger partial charge >= 0.3 is 0 Å². The van der Waals surface area contributed by atoms with E-state index in [2.05, 4.69) is 47.7 Å². The lowest BCUT2D eigenvalue weighted by molar-refractivity contribution is 0.0746. The molecular formula is C28H37N3O2. The summed E-state index contributed by atoms with van der Waals surface area (Å²) < 4.78 is 5.97. The van der Waals surface area contributed by atoms with Crippen LogP contribution in [0.4, 0.5) is 5.69 Å². The van der Waals surface area contributed by atoms with Gasteiger partial charge < -0.3 is 19.4 Å². The van der Waals surface area contributed by atoms with Gasteiger partial charge in [0.05, 0.1) is 6.61 Å². The topological polar surface area (TPSA) is 36.0 Å². The van der Waals surface area contributed by atoms with Gasteiger partial charge in [-0.3, -0.25) is 4.79 Å². The van der Waals surface area contributed by atoms with Gasteiger partial charge in [-0.2, -0.15) is 0 Å². The maximum absolute atomic E-state index is 12.9. The highest BCUT2D eigenvalue weighted by molar-refractivity contribution is 5.95. The van der Waals surface area contributed by atoms with Crippen LogP contribution in [0, 0.1) is 0 Å². The highest BCUT2D eigenvalue weighted by Crippen LogP contribution is 2.23. The van der Waals surface area contributed by atoms with Gasteiger partial charge in [0.1, 0.15) is 5.75 Å². The monoisotopic (exact) mass is 447 g/mol. The van der Waals surface area contributed by atoms with Crippen LogP contribution in [0.25, 0.3) is 6.08 Å². The summed E-state index contributed by atoms with van der Waals surface area (Å²) in [4.78, 5) is 19.6. The maximum Gasteiger partial charge on any atom is 0.253 e. The molecule has 2 aromatic carbocycles. The standard InChI is InChI=1S/C28H37N3O2/c1-3-23-8-6-9-24(22-23)28(32)31-19-17-30(18-20-31)26-12-14-27(15-13-26)33-21-7-16-29(2)25-10-4-5-11-25/h3,6,8-9,12-15,22,25H,1,4-5,7,10-11,16-21H2,2H3. The van der Waals surface area contributed by atoms with E-state index in [0.29, 0.717) is 0 Å². The highest BCUT2D eigenvalue weighted by Gasteiger charge is 2.22. The lowest BCUT2D eigenvalue weighted by atomic mass is 10.1. The summed E-state index contributed by atoms with van der Waals surface area (Å²) in [6.07, 6.45) is 8.30. The van der Waals surface area contributed by atoms with Gasteiger partial charge in [-0.1, -0.05) is 37.6 Å². The van der Waals surface area contributed by atoms with Gasteiger partial charge in [-0.05, 0) is 68.3 Å². The van der Waals surface area contributed by atoms with E-state index >= 15 is 0 Å². The van der Waals surface area contributed by atoms with E-state index in [4.69, 9.17) is 4.74 Å². The Kier molecular flexibility index (Phi) is 8.05. The fourth-order valence-corrected chi connectivity index (χ4v) is 4.93. The number of ether oxygens (including phenoxy) is 1. The Labute approximate surface area is 198 Å². The SMILES string of the molecule is C=Cc1cccc(C(=O)N2CCN(c3ccc(OCCCN(C)C4CCCC4)cc3)CC2)c1. The highest BCUT2D eigenvalue weighted by atomic mass is 16.5. The molecule has 2 aromatic rings. The molecule has 0 aromatic heterocycles. The molecule has 33 heavy (non-hydrogen) atoms. The summed E-state index contributed by atoms with van der Waals surface area (Å²) in [7, 11) is 2.25. The van der Waals surface area contributed by atoms with Gasteiger partial charge in [-0.15, -0.1) is 0 Å². The van der Waals surface area contributed by atoms with Crippen molar-refractivity contribution in [1.82, 2.24) is 9.80 Å². The molecule has 0 spiro atoms. The molecule has 1 heterocycles. The van der Waals surface area contributed by atoms with E-state index in [1.807, 2.05) is 29.2 Å². The van der Waals surface area contributed by atoms with Crippen LogP contribution in [0.15, 0.2) is 55.1 Å². The third-order valence-electron chi connectivity index (χ3n) is 7.01. The number of benzene rings is 2. The predicted molar refractivity (Wildman–Crippen MR) is 136 cm³/mol. The summed E-state index contributed by atoms with van der Waals surface area (Å²) in [5, 5.41) is 0. The number of nitrogens with zero attached hydrogens (tertiary/aromatic N) is 3. The molecule has 1 aliphatic heterocycles. The smallest absolute Gasteiger partial charge is 0.253 e. The Morgan fingerprint density at radius 3 is 2.52 bits per heavy atom. The number of hydrogen-bond acceptors (Lipinski definition) is 4. The molecule has 0 atom stereocenters. The van der Waals surface area contributed by atoms with Gasteiger partial charge in [0, 0.05) is 50.0 Å². The number of rotatable bonds is 9. The molecule has 0 bridgehead atoms. The van der Waals surface area contributed by atoms with Crippen LogP contribution < -0.4 is 9.64 Å². The number of amides is 1. The van der Waals surface area contributed by atoms with Crippen LogP contribution in [0.5, 0.6) is 5.75 Å². The molecule has 0 unspecified atom stereocenters. The third kappa shape index (κ3) is 6.17. The van der Waals surface area contributed by atoms with Crippen molar-refractivity contribution in [3.8, 4) is 5.75 Å². The first kappa shape index (κ1) is 23.4. The lowest BCUT2D eigenvalue weighted by Gasteiger charge is -2.36. The second-order valence-electron chi connectivity index (χ2n) is 9.22. The van der Waals surface area contributed by atoms with Crippen LogP contribution in [0.1, 0.15) is 48.0 Å². The minimum Gasteiger partial charge on any atom is -0.494 e. The molecule has 0 radical (unpaired) electrons. The van der Waals surface area contributed by atoms with Gasteiger partial charge in [-0.25, -0.2) is 0 Å². The Bertz CT molecular complexity index is 913. The molecule has 1 amide bonds. The number of piperazine rings is 1. The molecule has 5 heteroatoms. The van der Waals surface area contributed by atoms with Crippen molar-refractivity contribution in [3.05, 3.63) is 66.2 Å². The molecule has 4 rings (SSSR count). The average molecular weight is 448 g/mol. The molecular weight excluding hydrogens is 410 g/mol. The second-order valence-corrected chi connectivity index (χ2v) is 9.22. The molecule has 1 saturated heterocycles. The van der Waals surface area contributed by atoms with Crippen molar-refractivity contribution in [2.45, 2.75) is 38.1 Å². The van der Waals surface area contributed by atoms with E-state index in [1.54, 1.807) is 6.08 Å². The predicted octanol–water partition coefficient (Wildman–Crippen LogP) is 4.94. The van der Waals surface area contributed by atoms with Gasteiger partial charge in [0.15, 0.2) is 0 Å². The van der Waals surface area contributed by atoms with Crippen LogP contribution in [-0.2, 0) is 0 Å². The fourth-order valence-electron chi connectivity index (χ4n) is 4.93. The lowest BCUT2D eigenvalue weighted by Crippen LogP contribution is -2.48. The first-order valence-electron chi connectivity index (χ1n) is 12.3. The second kappa shape index (κ2) is 11.4. The fraction of sp³-hybridized carbons (Fsp3) is 0.464. The Morgan fingerprint density at radius 2 is 1.82 bits per heavy atom. The summed E-state index contributed by atoms with van der Waals surface area (Å²) in [5.74, 6) is 1.03. The van der Waals surface area contributed by atoms with Crippen molar-refractivity contribution >= 4 is 17.7 Å². The molecule has 0 N–H and O–H groups in total. The van der Waals surface area contributed by atoms with Gasteiger partial charge in [0.2, 0.25) is 0 Å². The number of hydrogen-bond donors (Lipinski definition) is 0. The van der Waals surface area contributed by atoms with Crippen LogP contribution in [-0.4, -0.2) is 68.1 Å². The van der Waals surface area contributed by atoms with E-state index < -0.39 is 0 Å². The summed E-state index contributed by atoms with van der Waals surface area (Å²) in [5.41, 5.74) is 2.89. The van der Waals surface area contributed by atoms with Crippen LogP contribution >= 0.6 is 0 Å². The summed E-state index contributed by atoms with van der Waals surface area (Å²) in [6, 6.07) is 16.8. The molecule has 2 fully saturated rings. The zero-order valence-electron chi connectivity index (χ0n) is 19.9. The molecule has 1 saturated carbocycles. The quantitative estimate of drug-likeness (QED) is 0.511.